The Labute approximate surface area is 138 Å². The van der Waals surface area contributed by atoms with Crippen LogP contribution < -0.4 is 11.1 Å². The molecule has 1 aliphatic rings. The fourth-order valence-corrected chi connectivity index (χ4v) is 2.72. The Hall–Kier alpha value is -2.54. The zero-order valence-electron chi connectivity index (χ0n) is 12.7. The molecule has 0 saturated carbocycles. The van der Waals surface area contributed by atoms with E-state index in [2.05, 4.69) is 15.4 Å². The number of ether oxygens (including phenoxy) is 1. The molecule has 0 saturated heterocycles. The molecule has 120 valence electrons. The largest absolute Gasteiger partial charge is 0.463 e. The minimum absolute atomic E-state index is 0.129. The van der Waals surface area contributed by atoms with E-state index in [1.165, 1.54) is 0 Å². The summed E-state index contributed by atoms with van der Waals surface area (Å²) in [5.41, 5.74) is 7.67. The van der Waals surface area contributed by atoms with E-state index in [9.17, 15) is 4.79 Å². The summed E-state index contributed by atoms with van der Waals surface area (Å²) >= 11 is 5.96. The average Bonchev–Trinajstić information content (AvgIpc) is 2.86. The lowest BCUT2D eigenvalue weighted by atomic mass is 9.96. The first-order valence-corrected chi connectivity index (χ1v) is 7.51. The van der Waals surface area contributed by atoms with Gasteiger partial charge < -0.3 is 15.8 Å². The van der Waals surface area contributed by atoms with Gasteiger partial charge in [-0.1, -0.05) is 23.7 Å². The van der Waals surface area contributed by atoms with Crippen molar-refractivity contribution in [3.63, 3.8) is 0 Å². The van der Waals surface area contributed by atoms with Gasteiger partial charge in [0.2, 0.25) is 11.9 Å². The number of halogens is 1. The van der Waals surface area contributed by atoms with Gasteiger partial charge in [0.05, 0.1) is 12.2 Å². The second kappa shape index (κ2) is 5.92. The summed E-state index contributed by atoms with van der Waals surface area (Å²) in [7, 11) is 0. The van der Waals surface area contributed by atoms with Crippen LogP contribution in [-0.4, -0.2) is 27.3 Å². The van der Waals surface area contributed by atoms with E-state index in [-0.39, 0.29) is 12.6 Å². The van der Waals surface area contributed by atoms with E-state index in [0.717, 1.165) is 5.56 Å². The molecule has 0 spiro atoms. The number of nitrogens with two attached hydrogens (primary N) is 1. The monoisotopic (exact) mass is 333 g/mol. The number of aromatic nitrogens is 3. The van der Waals surface area contributed by atoms with Gasteiger partial charge in [-0.15, -0.1) is 5.10 Å². The third-order valence-corrected chi connectivity index (χ3v) is 3.80. The van der Waals surface area contributed by atoms with Crippen molar-refractivity contribution in [1.29, 1.82) is 0 Å². The molecule has 8 heteroatoms. The normalized spacial score (nSPS) is 16.7. The molecule has 0 amide bonds. The summed E-state index contributed by atoms with van der Waals surface area (Å²) in [5, 5.41) is 7.86. The zero-order valence-corrected chi connectivity index (χ0v) is 13.5. The fourth-order valence-electron chi connectivity index (χ4n) is 2.59. The van der Waals surface area contributed by atoms with E-state index in [1.54, 1.807) is 30.7 Å². The first-order chi connectivity index (χ1) is 11.0. The van der Waals surface area contributed by atoms with Gasteiger partial charge in [0.1, 0.15) is 6.04 Å². The molecule has 0 fully saturated rings. The van der Waals surface area contributed by atoms with Crippen molar-refractivity contribution in [3.8, 4) is 0 Å². The topological polar surface area (TPSA) is 95.1 Å². The number of esters is 1. The lowest BCUT2D eigenvalue weighted by Crippen LogP contribution is -2.29. The number of nitrogens with one attached hydrogen (secondary N) is 1. The molecule has 2 aromatic rings. The standard InChI is InChI=1S/C15H16ClN5O2/c1-3-23-13(22)11-8(2)18-15-19-14(17)20-21(15)12(11)9-4-6-10(16)7-5-9/h4-7,12H,3H2,1-2H3,(H3,17,18,19,20). The lowest BCUT2D eigenvalue weighted by Gasteiger charge is -2.28. The molecule has 1 aromatic heterocycles. The molecule has 7 nitrogen and oxygen atoms in total. The molecule has 23 heavy (non-hydrogen) atoms. The second-order valence-electron chi connectivity index (χ2n) is 5.08. The second-order valence-corrected chi connectivity index (χ2v) is 5.51. The molecule has 3 rings (SSSR count). The SMILES string of the molecule is CCOC(=O)C1=C(C)Nc2nc(N)nn2C1c1ccc(Cl)cc1. The van der Waals surface area contributed by atoms with Crippen LogP contribution in [0.2, 0.25) is 5.02 Å². The molecular formula is C15H16ClN5O2. The molecule has 1 unspecified atom stereocenters. The predicted molar refractivity (Wildman–Crippen MR) is 87.0 cm³/mol. The molecule has 1 aliphatic heterocycles. The van der Waals surface area contributed by atoms with Crippen LogP contribution >= 0.6 is 11.6 Å². The number of hydrogen-bond acceptors (Lipinski definition) is 6. The minimum Gasteiger partial charge on any atom is -0.463 e. The van der Waals surface area contributed by atoms with Gasteiger partial charge in [0.15, 0.2) is 0 Å². The highest BCUT2D eigenvalue weighted by Gasteiger charge is 2.34. The molecule has 1 atom stereocenters. The smallest absolute Gasteiger partial charge is 0.338 e. The summed E-state index contributed by atoms with van der Waals surface area (Å²) in [6.45, 7) is 3.85. The van der Waals surface area contributed by atoms with Crippen LogP contribution in [0.15, 0.2) is 35.5 Å². The minimum atomic E-state index is -0.479. The molecule has 0 bridgehead atoms. The molecular weight excluding hydrogens is 318 g/mol. The first-order valence-electron chi connectivity index (χ1n) is 7.13. The molecule has 0 radical (unpaired) electrons. The molecule has 0 aliphatic carbocycles. The quantitative estimate of drug-likeness (QED) is 0.837. The highest BCUT2D eigenvalue weighted by atomic mass is 35.5. The Bertz CT molecular complexity index is 782. The Kier molecular flexibility index (Phi) is 3.96. The zero-order chi connectivity index (χ0) is 16.6. The van der Waals surface area contributed by atoms with Gasteiger partial charge in [-0.2, -0.15) is 4.98 Å². The maximum absolute atomic E-state index is 12.4. The number of nitrogen functional groups attached to an aromatic ring is 1. The summed E-state index contributed by atoms with van der Waals surface area (Å²) in [6.07, 6.45) is 0. The Balaban J connectivity index is 2.15. The van der Waals surface area contributed by atoms with Crippen molar-refractivity contribution < 1.29 is 9.53 Å². The summed E-state index contributed by atoms with van der Waals surface area (Å²) in [5.74, 6) is 0.203. The third-order valence-electron chi connectivity index (χ3n) is 3.55. The molecule has 1 aromatic carbocycles. The summed E-state index contributed by atoms with van der Waals surface area (Å²) in [6, 6.07) is 6.72. The van der Waals surface area contributed by atoms with E-state index in [4.69, 9.17) is 22.1 Å². The Morgan fingerprint density at radius 2 is 2.13 bits per heavy atom. The van der Waals surface area contributed by atoms with E-state index >= 15 is 0 Å². The van der Waals surface area contributed by atoms with Gasteiger partial charge >= 0.3 is 5.97 Å². The molecule has 3 N–H and O–H groups in total. The van der Waals surface area contributed by atoms with Crippen molar-refractivity contribution in [2.75, 3.05) is 17.7 Å². The number of carbonyl (C=O) groups excluding carboxylic acids is 1. The highest BCUT2D eigenvalue weighted by molar-refractivity contribution is 6.30. The number of anilines is 2. The Morgan fingerprint density at radius 3 is 2.78 bits per heavy atom. The van der Waals surface area contributed by atoms with Crippen LogP contribution in [0.1, 0.15) is 25.5 Å². The van der Waals surface area contributed by atoms with Crippen LogP contribution in [0, 0.1) is 0 Å². The lowest BCUT2D eigenvalue weighted by molar-refractivity contribution is -0.139. The number of allylic oxidation sites excluding steroid dienone is 1. The van der Waals surface area contributed by atoms with Gasteiger partial charge in [0.25, 0.3) is 0 Å². The third kappa shape index (κ3) is 2.75. The van der Waals surface area contributed by atoms with E-state index in [1.807, 2.05) is 12.1 Å². The van der Waals surface area contributed by atoms with Crippen molar-refractivity contribution in [2.45, 2.75) is 19.9 Å². The van der Waals surface area contributed by atoms with Crippen LogP contribution in [0.4, 0.5) is 11.9 Å². The predicted octanol–water partition coefficient (Wildman–Crippen LogP) is 2.37. The number of benzene rings is 1. The summed E-state index contributed by atoms with van der Waals surface area (Å²) < 4.78 is 6.77. The van der Waals surface area contributed by atoms with Crippen LogP contribution in [0.25, 0.3) is 0 Å². The van der Waals surface area contributed by atoms with Gasteiger partial charge in [-0.25, -0.2) is 9.48 Å². The van der Waals surface area contributed by atoms with Crippen LogP contribution in [0.3, 0.4) is 0 Å². The molecule has 2 heterocycles. The summed E-state index contributed by atoms with van der Waals surface area (Å²) in [4.78, 5) is 16.6. The average molecular weight is 334 g/mol. The Morgan fingerprint density at radius 1 is 1.43 bits per heavy atom. The van der Waals surface area contributed by atoms with Crippen molar-refractivity contribution in [2.24, 2.45) is 0 Å². The van der Waals surface area contributed by atoms with Crippen molar-refractivity contribution in [1.82, 2.24) is 14.8 Å². The number of hydrogen-bond donors (Lipinski definition) is 2. The van der Waals surface area contributed by atoms with Gasteiger partial charge in [-0.3, -0.25) is 0 Å². The maximum Gasteiger partial charge on any atom is 0.338 e. The van der Waals surface area contributed by atoms with Gasteiger partial charge in [0, 0.05) is 10.7 Å². The first kappa shape index (κ1) is 15.4. The number of nitrogens with zero attached hydrogens (tertiary/aromatic N) is 3. The van der Waals surface area contributed by atoms with Crippen LogP contribution in [0.5, 0.6) is 0 Å². The number of carbonyl (C=O) groups is 1. The van der Waals surface area contributed by atoms with Crippen LogP contribution in [-0.2, 0) is 9.53 Å². The van der Waals surface area contributed by atoms with Crippen molar-refractivity contribution in [3.05, 3.63) is 46.1 Å². The van der Waals surface area contributed by atoms with E-state index in [0.29, 0.717) is 22.2 Å². The number of rotatable bonds is 3. The number of fused-ring (bicyclic) bond motifs is 1. The highest BCUT2D eigenvalue weighted by Crippen LogP contribution is 2.36. The fraction of sp³-hybridized carbons (Fsp3) is 0.267. The maximum atomic E-state index is 12.4. The van der Waals surface area contributed by atoms with Crippen molar-refractivity contribution >= 4 is 29.5 Å². The van der Waals surface area contributed by atoms with E-state index < -0.39 is 12.0 Å². The van der Waals surface area contributed by atoms with Gasteiger partial charge in [-0.05, 0) is 31.5 Å².